The number of imide groups is 2. The van der Waals surface area contributed by atoms with Gasteiger partial charge in [0.25, 0.3) is 23.6 Å². The summed E-state index contributed by atoms with van der Waals surface area (Å²) in [4.78, 5) is 107. The molecule has 7 rings (SSSR count). The predicted molar refractivity (Wildman–Crippen MR) is 313 cm³/mol. The van der Waals surface area contributed by atoms with E-state index < -0.39 is 66.2 Å². The number of carbonyl (C=O) groups is 8. The molecule has 2 fully saturated rings. The van der Waals surface area contributed by atoms with Gasteiger partial charge in [0.2, 0.25) is 23.5 Å². The Balaban J connectivity index is 0.788. The standard InChI is InChI=1S/C63H79N5O19/c1-7-44(42-36-52(79-4)58(81-6)53(37-42)80-5)60(73)67-27-9-8-17-47(67)63(76)87-48(22-19-40-20-23-49(77-2)51(34-40)78-3)41-14-10-15-43(35-41)85-38-55(70)64-25-12-28-82-30-32-84-33-31-83-29-13-26-65-56(71)39-86-50-18-11-16-45-57(50)62(75)68(61(45)74)46-21-24-54(69)66-59(46)72/h10-11,14-16,18,20,23,34-37,44,46-48H,7-9,12-13,17,19,21-22,24-33,38-39H2,1-6H3,(H,64,70)(H,65,71)(H,66,69,72)/t44-,46?,47-,48+/m0/s1. The molecule has 0 aromatic heterocycles. The van der Waals surface area contributed by atoms with Gasteiger partial charge in [0.15, 0.2) is 36.2 Å². The van der Waals surface area contributed by atoms with Gasteiger partial charge in [0.1, 0.15) is 29.7 Å². The normalized spacial score (nSPS) is 16.3. The molecule has 0 aliphatic carbocycles. The summed E-state index contributed by atoms with van der Waals surface area (Å²) in [7, 11) is 7.69. The third-order valence-electron chi connectivity index (χ3n) is 15.0. The molecule has 0 bridgehead atoms. The van der Waals surface area contributed by atoms with E-state index in [4.69, 9.17) is 52.1 Å². The molecule has 2 saturated heterocycles. The fourth-order valence-corrected chi connectivity index (χ4v) is 10.5. The molecule has 87 heavy (non-hydrogen) atoms. The fourth-order valence-electron chi connectivity index (χ4n) is 10.5. The number of ether oxygens (including phenoxy) is 11. The molecule has 4 atom stereocenters. The number of rotatable bonds is 35. The minimum absolute atomic E-state index is 0.00579. The van der Waals surface area contributed by atoms with Crippen molar-refractivity contribution >= 4 is 47.3 Å². The van der Waals surface area contributed by atoms with Crippen molar-refractivity contribution in [3.05, 3.63) is 101 Å². The predicted octanol–water partition coefficient (Wildman–Crippen LogP) is 5.44. The number of fused-ring (bicyclic) bond motifs is 1. The van der Waals surface area contributed by atoms with Gasteiger partial charge < -0.3 is 67.6 Å². The second-order valence-electron chi connectivity index (χ2n) is 20.6. The lowest BCUT2D eigenvalue weighted by atomic mass is 9.91. The van der Waals surface area contributed by atoms with Crippen LogP contribution in [0.2, 0.25) is 0 Å². The van der Waals surface area contributed by atoms with Gasteiger partial charge in [-0.3, -0.25) is 43.8 Å². The number of methoxy groups -OCH3 is 5. The number of esters is 1. The lowest BCUT2D eigenvalue weighted by Crippen LogP contribution is -2.54. The minimum atomic E-state index is -1.12. The van der Waals surface area contributed by atoms with Crippen molar-refractivity contribution in [1.82, 2.24) is 25.8 Å². The summed E-state index contributed by atoms with van der Waals surface area (Å²) < 4.78 is 62.5. The number of aryl methyl sites for hydroxylation is 1. The maximum absolute atomic E-state index is 14.5. The molecular weight excluding hydrogens is 1130 g/mol. The van der Waals surface area contributed by atoms with Gasteiger partial charge in [0.05, 0.1) is 79.0 Å². The molecule has 24 heteroatoms. The Morgan fingerprint density at radius 1 is 0.644 bits per heavy atom. The third-order valence-corrected chi connectivity index (χ3v) is 15.0. The molecule has 0 spiro atoms. The monoisotopic (exact) mass is 1210 g/mol. The first-order chi connectivity index (χ1) is 42.2. The largest absolute Gasteiger partial charge is 0.493 e. The Morgan fingerprint density at radius 2 is 1.29 bits per heavy atom. The minimum Gasteiger partial charge on any atom is -0.493 e. The van der Waals surface area contributed by atoms with E-state index in [-0.39, 0.29) is 48.1 Å². The number of likely N-dealkylation sites (tertiary alicyclic amines) is 1. The first kappa shape index (κ1) is 66.1. The summed E-state index contributed by atoms with van der Waals surface area (Å²) in [5.41, 5.74) is 2.26. The Bertz CT molecular complexity index is 3020. The van der Waals surface area contributed by atoms with Crippen LogP contribution in [-0.2, 0) is 54.1 Å². The molecule has 4 aromatic rings. The zero-order valence-corrected chi connectivity index (χ0v) is 50.2. The number of hydrogen-bond donors (Lipinski definition) is 3. The van der Waals surface area contributed by atoms with Crippen molar-refractivity contribution in [3.8, 4) is 40.2 Å². The van der Waals surface area contributed by atoms with E-state index in [0.717, 1.165) is 23.3 Å². The maximum Gasteiger partial charge on any atom is 0.329 e. The average molecular weight is 1210 g/mol. The molecule has 0 radical (unpaired) electrons. The Labute approximate surface area is 506 Å². The summed E-state index contributed by atoms with van der Waals surface area (Å²) in [5.74, 6) is -1.86. The Morgan fingerprint density at radius 3 is 1.92 bits per heavy atom. The fraction of sp³-hybridized carbons (Fsp3) is 0.492. The van der Waals surface area contributed by atoms with Crippen LogP contribution >= 0.6 is 0 Å². The summed E-state index contributed by atoms with van der Waals surface area (Å²) >= 11 is 0. The van der Waals surface area contributed by atoms with Crippen molar-refractivity contribution in [1.29, 1.82) is 0 Å². The van der Waals surface area contributed by atoms with E-state index in [1.54, 1.807) is 49.5 Å². The van der Waals surface area contributed by atoms with Crippen molar-refractivity contribution in [2.45, 2.75) is 95.2 Å². The number of nitrogens with one attached hydrogen (secondary N) is 3. The van der Waals surface area contributed by atoms with E-state index >= 15 is 0 Å². The van der Waals surface area contributed by atoms with Crippen LogP contribution in [0.5, 0.6) is 40.2 Å². The molecule has 24 nitrogen and oxygen atoms in total. The van der Waals surface area contributed by atoms with Gasteiger partial charge in [-0.05, 0) is 123 Å². The third kappa shape index (κ3) is 17.8. The number of piperidine rings is 2. The van der Waals surface area contributed by atoms with Crippen LogP contribution in [0, 0.1) is 0 Å². The molecule has 470 valence electrons. The second-order valence-corrected chi connectivity index (χ2v) is 20.6. The molecule has 3 aliphatic heterocycles. The number of hydrogen-bond acceptors (Lipinski definition) is 19. The quantitative estimate of drug-likeness (QED) is 0.0294. The molecule has 0 saturated carbocycles. The lowest BCUT2D eigenvalue weighted by Gasteiger charge is -2.37. The second kappa shape index (κ2) is 33.4. The number of carbonyl (C=O) groups excluding carboxylic acids is 8. The van der Waals surface area contributed by atoms with Crippen LogP contribution in [-0.4, -0.2) is 177 Å². The summed E-state index contributed by atoms with van der Waals surface area (Å²) in [5, 5.41) is 7.72. The molecule has 7 amide bonds. The highest BCUT2D eigenvalue weighted by molar-refractivity contribution is 6.24. The SMILES string of the molecule is CC[C@H](C(=O)N1CCCC[C@H]1C(=O)O[C@H](CCc1ccc(OC)c(OC)c1)c1cccc(OCC(=O)NCCCOCCOCCOCCCNC(=O)COc2cccc3c2C(=O)N(C2CCC(=O)NC2=O)C3=O)c1)c1cc(OC)c(OC)c(OC)c1. The summed E-state index contributed by atoms with van der Waals surface area (Å²) in [6.07, 6.45) is 3.54. The Kier molecular flexibility index (Phi) is 25.4. The van der Waals surface area contributed by atoms with Crippen LogP contribution in [0.15, 0.2) is 72.8 Å². The van der Waals surface area contributed by atoms with Gasteiger partial charge in [0, 0.05) is 39.3 Å². The van der Waals surface area contributed by atoms with Crippen LogP contribution in [0.1, 0.15) is 114 Å². The zero-order valence-electron chi connectivity index (χ0n) is 50.2. The summed E-state index contributed by atoms with van der Waals surface area (Å²) in [6, 6.07) is 18.7. The first-order valence-corrected chi connectivity index (χ1v) is 29.2. The lowest BCUT2D eigenvalue weighted by molar-refractivity contribution is -0.162. The molecule has 3 aliphatic rings. The number of nitrogens with zero attached hydrogens (tertiary/aromatic N) is 2. The number of benzene rings is 4. The highest BCUT2D eigenvalue weighted by Gasteiger charge is 2.46. The highest BCUT2D eigenvalue weighted by Crippen LogP contribution is 2.42. The molecule has 3 heterocycles. The van der Waals surface area contributed by atoms with E-state index in [0.29, 0.717) is 143 Å². The average Bonchev–Trinajstić information content (AvgIpc) is 1.71. The van der Waals surface area contributed by atoms with Gasteiger partial charge in [-0.25, -0.2) is 4.79 Å². The first-order valence-electron chi connectivity index (χ1n) is 29.2. The molecule has 1 unspecified atom stereocenters. The maximum atomic E-state index is 14.5. The van der Waals surface area contributed by atoms with Gasteiger partial charge in [-0.1, -0.05) is 31.2 Å². The number of amides is 7. The topological polar surface area (TPSA) is 281 Å². The van der Waals surface area contributed by atoms with E-state index in [1.165, 1.54) is 39.5 Å². The van der Waals surface area contributed by atoms with Crippen LogP contribution in [0.3, 0.4) is 0 Å². The van der Waals surface area contributed by atoms with Gasteiger partial charge >= 0.3 is 5.97 Å². The van der Waals surface area contributed by atoms with Crippen molar-refractivity contribution in [2.24, 2.45) is 0 Å². The smallest absolute Gasteiger partial charge is 0.329 e. The Hall–Kier alpha value is -8.48. The van der Waals surface area contributed by atoms with E-state index in [1.807, 2.05) is 31.2 Å². The highest BCUT2D eigenvalue weighted by atomic mass is 16.6. The molecule has 3 N–H and O–H groups in total. The summed E-state index contributed by atoms with van der Waals surface area (Å²) in [6.45, 7) is 4.37. The van der Waals surface area contributed by atoms with Crippen LogP contribution in [0.4, 0.5) is 0 Å². The van der Waals surface area contributed by atoms with Gasteiger partial charge in [-0.15, -0.1) is 0 Å². The molecular formula is C63H79N5O19. The van der Waals surface area contributed by atoms with Crippen LogP contribution in [0.25, 0.3) is 0 Å². The van der Waals surface area contributed by atoms with Gasteiger partial charge in [-0.2, -0.15) is 0 Å². The zero-order chi connectivity index (χ0) is 62.2. The van der Waals surface area contributed by atoms with Crippen molar-refractivity contribution in [2.75, 3.05) is 108 Å². The van der Waals surface area contributed by atoms with E-state index in [2.05, 4.69) is 16.0 Å². The van der Waals surface area contributed by atoms with Crippen molar-refractivity contribution in [3.63, 3.8) is 0 Å². The van der Waals surface area contributed by atoms with E-state index in [9.17, 15) is 38.4 Å². The van der Waals surface area contributed by atoms with Crippen LogP contribution < -0.4 is 49.1 Å². The van der Waals surface area contributed by atoms with Crippen molar-refractivity contribution < 1.29 is 90.5 Å². The molecule has 4 aromatic carbocycles.